The van der Waals surface area contributed by atoms with Crippen LogP contribution in [-0.4, -0.2) is 40.6 Å². The number of aryl methyl sites for hydroxylation is 1. The molecule has 1 aromatic carbocycles. The normalized spacial score (nSPS) is 23.5. The molecule has 1 heterocycles. The molecule has 1 unspecified atom stereocenters. The predicted molar refractivity (Wildman–Crippen MR) is 84.9 cm³/mol. The van der Waals surface area contributed by atoms with E-state index in [-0.39, 0.29) is 17.5 Å². The van der Waals surface area contributed by atoms with Crippen molar-refractivity contribution >= 4 is 10.0 Å². The number of methoxy groups -OCH3 is 1. The lowest BCUT2D eigenvalue weighted by Gasteiger charge is -2.22. The SMILES string of the molecule is COc1ccc(C)cc1S(=O)(=O)NCC1COC2(CCCC2)O1. The molecule has 23 heavy (non-hydrogen) atoms. The Morgan fingerprint density at radius 2 is 2.09 bits per heavy atom. The van der Waals surface area contributed by atoms with Gasteiger partial charge in [0.05, 0.1) is 19.8 Å². The van der Waals surface area contributed by atoms with Crippen LogP contribution in [0.4, 0.5) is 0 Å². The van der Waals surface area contributed by atoms with E-state index in [0.717, 1.165) is 31.2 Å². The molecule has 1 saturated heterocycles. The lowest BCUT2D eigenvalue weighted by atomic mass is 10.2. The van der Waals surface area contributed by atoms with E-state index < -0.39 is 15.8 Å². The maximum Gasteiger partial charge on any atom is 0.244 e. The number of benzene rings is 1. The third-order valence-corrected chi connectivity index (χ3v) is 5.83. The highest BCUT2D eigenvalue weighted by Crippen LogP contribution is 2.39. The summed E-state index contributed by atoms with van der Waals surface area (Å²) in [7, 11) is -2.20. The van der Waals surface area contributed by atoms with E-state index in [4.69, 9.17) is 14.2 Å². The zero-order valence-electron chi connectivity index (χ0n) is 13.5. The maximum atomic E-state index is 12.5. The Kier molecular flexibility index (Phi) is 4.64. The van der Waals surface area contributed by atoms with Gasteiger partial charge in [-0.2, -0.15) is 0 Å². The molecular formula is C16H23NO5S. The van der Waals surface area contributed by atoms with E-state index in [1.54, 1.807) is 12.1 Å². The average molecular weight is 341 g/mol. The van der Waals surface area contributed by atoms with E-state index in [1.807, 2.05) is 13.0 Å². The van der Waals surface area contributed by atoms with Crippen molar-refractivity contribution in [2.24, 2.45) is 0 Å². The van der Waals surface area contributed by atoms with E-state index in [2.05, 4.69) is 4.72 Å². The van der Waals surface area contributed by atoms with Crippen LogP contribution in [-0.2, 0) is 19.5 Å². The fourth-order valence-electron chi connectivity index (χ4n) is 3.17. The highest BCUT2D eigenvalue weighted by molar-refractivity contribution is 7.89. The van der Waals surface area contributed by atoms with Crippen LogP contribution in [0.1, 0.15) is 31.2 Å². The molecule has 128 valence electrons. The largest absolute Gasteiger partial charge is 0.495 e. The second-order valence-corrected chi connectivity index (χ2v) is 7.91. The molecule has 1 saturated carbocycles. The van der Waals surface area contributed by atoms with Crippen LogP contribution >= 0.6 is 0 Å². The van der Waals surface area contributed by atoms with Gasteiger partial charge in [0.2, 0.25) is 10.0 Å². The summed E-state index contributed by atoms with van der Waals surface area (Å²) in [5, 5.41) is 0. The second kappa shape index (κ2) is 6.39. The summed E-state index contributed by atoms with van der Waals surface area (Å²) in [5.74, 6) is -0.143. The summed E-state index contributed by atoms with van der Waals surface area (Å²) in [5.41, 5.74) is 0.858. The molecule has 0 bridgehead atoms. The Bertz CT molecular complexity index is 667. The van der Waals surface area contributed by atoms with Gasteiger partial charge in [0, 0.05) is 19.4 Å². The van der Waals surface area contributed by atoms with Crippen LogP contribution in [0, 0.1) is 6.92 Å². The minimum atomic E-state index is -3.66. The fourth-order valence-corrected chi connectivity index (χ4v) is 4.49. The quantitative estimate of drug-likeness (QED) is 0.886. The van der Waals surface area contributed by atoms with E-state index in [9.17, 15) is 8.42 Å². The molecular weight excluding hydrogens is 318 g/mol. The van der Waals surface area contributed by atoms with Crippen molar-refractivity contribution in [1.29, 1.82) is 0 Å². The van der Waals surface area contributed by atoms with Gasteiger partial charge in [-0.1, -0.05) is 6.07 Å². The number of ether oxygens (including phenoxy) is 3. The molecule has 7 heteroatoms. The molecule has 0 radical (unpaired) electrons. The minimum Gasteiger partial charge on any atom is -0.495 e. The molecule has 1 spiro atoms. The molecule has 1 atom stereocenters. The predicted octanol–water partition coefficient (Wildman–Crippen LogP) is 1.97. The third kappa shape index (κ3) is 3.52. The van der Waals surface area contributed by atoms with Crippen molar-refractivity contribution in [3.63, 3.8) is 0 Å². The Labute approximate surface area is 137 Å². The highest BCUT2D eigenvalue weighted by Gasteiger charge is 2.43. The number of rotatable bonds is 5. The van der Waals surface area contributed by atoms with Crippen molar-refractivity contribution in [2.75, 3.05) is 20.3 Å². The van der Waals surface area contributed by atoms with Crippen molar-refractivity contribution in [3.05, 3.63) is 23.8 Å². The van der Waals surface area contributed by atoms with Gasteiger partial charge in [-0.25, -0.2) is 13.1 Å². The first-order chi connectivity index (χ1) is 10.9. The average Bonchev–Trinajstić information content (AvgIpc) is 3.16. The molecule has 1 aromatic rings. The van der Waals surface area contributed by atoms with E-state index in [1.165, 1.54) is 7.11 Å². The van der Waals surface area contributed by atoms with Crippen LogP contribution in [0.15, 0.2) is 23.1 Å². The van der Waals surface area contributed by atoms with Crippen LogP contribution in [0.25, 0.3) is 0 Å². The van der Waals surface area contributed by atoms with Gasteiger partial charge in [-0.3, -0.25) is 0 Å². The van der Waals surface area contributed by atoms with Crippen LogP contribution in [0.3, 0.4) is 0 Å². The first-order valence-corrected chi connectivity index (χ1v) is 9.38. The Balaban J connectivity index is 1.67. The number of hydrogen-bond donors (Lipinski definition) is 1. The minimum absolute atomic E-state index is 0.148. The molecule has 3 rings (SSSR count). The Morgan fingerprint density at radius 1 is 1.35 bits per heavy atom. The van der Waals surface area contributed by atoms with Gasteiger partial charge < -0.3 is 14.2 Å². The molecule has 6 nitrogen and oxygen atoms in total. The zero-order valence-corrected chi connectivity index (χ0v) is 14.3. The molecule has 2 fully saturated rings. The molecule has 1 aliphatic carbocycles. The molecule has 1 aliphatic heterocycles. The monoisotopic (exact) mass is 341 g/mol. The molecule has 2 aliphatic rings. The van der Waals surface area contributed by atoms with Crippen molar-refractivity contribution in [1.82, 2.24) is 4.72 Å². The van der Waals surface area contributed by atoms with E-state index in [0.29, 0.717) is 12.4 Å². The van der Waals surface area contributed by atoms with Crippen LogP contribution < -0.4 is 9.46 Å². The van der Waals surface area contributed by atoms with Crippen LogP contribution in [0.5, 0.6) is 5.75 Å². The number of nitrogens with one attached hydrogen (secondary N) is 1. The first kappa shape index (κ1) is 16.7. The van der Waals surface area contributed by atoms with Gasteiger partial charge in [0.15, 0.2) is 5.79 Å². The maximum absolute atomic E-state index is 12.5. The summed E-state index contributed by atoms with van der Waals surface area (Å²) in [6.45, 7) is 2.46. The summed E-state index contributed by atoms with van der Waals surface area (Å²) >= 11 is 0. The lowest BCUT2D eigenvalue weighted by molar-refractivity contribution is -0.160. The topological polar surface area (TPSA) is 73.9 Å². The van der Waals surface area contributed by atoms with Gasteiger partial charge in [-0.05, 0) is 37.5 Å². The van der Waals surface area contributed by atoms with Gasteiger partial charge in [0.25, 0.3) is 0 Å². The number of hydrogen-bond acceptors (Lipinski definition) is 5. The Morgan fingerprint density at radius 3 is 2.78 bits per heavy atom. The van der Waals surface area contributed by atoms with Gasteiger partial charge in [-0.15, -0.1) is 0 Å². The summed E-state index contributed by atoms with van der Waals surface area (Å²) in [6, 6.07) is 5.08. The molecule has 0 aromatic heterocycles. The highest BCUT2D eigenvalue weighted by atomic mass is 32.2. The standard InChI is InChI=1S/C16H23NO5S/c1-12-5-6-14(20-2)15(9-12)23(18,19)17-10-13-11-21-16(22-13)7-3-4-8-16/h5-6,9,13,17H,3-4,7-8,10-11H2,1-2H3. The van der Waals surface area contributed by atoms with Crippen molar-refractivity contribution in [3.8, 4) is 5.75 Å². The van der Waals surface area contributed by atoms with Gasteiger partial charge >= 0.3 is 0 Å². The second-order valence-electron chi connectivity index (χ2n) is 6.17. The summed E-state index contributed by atoms with van der Waals surface area (Å²) < 4.78 is 44.6. The summed E-state index contributed by atoms with van der Waals surface area (Å²) in [6.07, 6.45) is 3.72. The molecule has 0 amide bonds. The third-order valence-electron chi connectivity index (χ3n) is 4.39. The molecule has 1 N–H and O–H groups in total. The smallest absolute Gasteiger partial charge is 0.244 e. The first-order valence-electron chi connectivity index (χ1n) is 7.90. The Hall–Kier alpha value is -1.15. The lowest BCUT2D eigenvalue weighted by Crippen LogP contribution is -2.35. The van der Waals surface area contributed by atoms with Crippen LogP contribution in [0.2, 0.25) is 0 Å². The fraction of sp³-hybridized carbons (Fsp3) is 0.625. The number of sulfonamides is 1. The van der Waals surface area contributed by atoms with E-state index >= 15 is 0 Å². The summed E-state index contributed by atoms with van der Waals surface area (Å²) in [4.78, 5) is 0.148. The van der Waals surface area contributed by atoms with Crippen molar-refractivity contribution in [2.45, 2.75) is 49.4 Å². The van der Waals surface area contributed by atoms with Crippen molar-refractivity contribution < 1.29 is 22.6 Å². The van der Waals surface area contributed by atoms with Gasteiger partial charge in [0.1, 0.15) is 10.6 Å². The zero-order chi connectivity index (χ0) is 16.5.